The summed E-state index contributed by atoms with van der Waals surface area (Å²) in [7, 11) is 0. The average Bonchev–Trinajstić information content (AvgIpc) is 1.04. The number of carboxylic acids is 3. The Labute approximate surface area is 682 Å². The van der Waals surface area contributed by atoms with Crippen molar-refractivity contribution in [3.05, 3.63) is 186 Å². The Bertz CT molecular complexity index is 4500. The van der Waals surface area contributed by atoms with Gasteiger partial charge in [-0.3, -0.25) is 44.1 Å². The molecular weight excluding hydrogens is 1710 g/mol. The van der Waals surface area contributed by atoms with E-state index >= 15 is 0 Å². The molecule has 0 bridgehead atoms. The molecule has 112 heavy (non-hydrogen) atoms. The maximum atomic E-state index is 13.9. The Balaban J connectivity index is 0.000000178. The molecule has 8 atom stereocenters. The van der Waals surface area contributed by atoms with Crippen LogP contribution in [0.4, 0.5) is 13.2 Å². The van der Waals surface area contributed by atoms with E-state index < -0.39 is 77.3 Å². The Kier molecular flexibility index (Phi) is 32.3. The van der Waals surface area contributed by atoms with Gasteiger partial charge in [0.15, 0.2) is 32.5 Å². The van der Waals surface area contributed by atoms with Gasteiger partial charge >= 0.3 is 35.8 Å². The van der Waals surface area contributed by atoms with Crippen LogP contribution in [0.15, 0.2) is 152 Å². The highest BCUT2D eigenvalue weighted by Crippen LogP contribution is 2.42. The molecule has 3 aromatic heterocycles. The van der Waals surface area contributed by atoms with Crippen molar-refractivity contribution >= 4 is 135 Å². The molecule has 3 saturated heterocycles. The number of halogens is 6. The minimum atomic E-state index is -0.875. The number of thiazole rings is 3. The van der Waals surface area contributed by atoms with Crippen LogP contribution < -0.4 is 16.0 Å². The molecule has 2 unspecified atom stereocenters. The molecule has 0 spiro atoms. The monoisotopic (exact) mass is 1800 g/mol. The fraction of sp³-hybridized carbons (Fsp3) is 0.447. The van der Waals surface area contributed by atoms with Crippen LogP contribution in [-0.4, -0.2) is 215 Å². The van der Waals surface area contributed by atoms with Crippen LogP contribution in [0, 0.1) is 29.3 Å². The Morgan fingerprint density at radius 3 is 1.40 bits per heavy atom. The largest absolute Gasteiger partial charge is 0.481 e. The number of esters is 3. The van der Waals surface area contributed by atoms with Gasteiger partial charge in [-0.05, 0) is 99.0 Å². The zero-order valence-electron chi connectivity index (χ0n) is 61.9. The number of aromatic nitrogens is 3. The van der Waals surface area contributed by atoms with Gasteiger partial charge in [0.2, 0.25) is 0 Å². The maximum absolute atomic E-state index is 13.9. The fourth-order valence-corrected chi connectivity index (χ4v) is 17.0. The van der Waals surface area contributed by atoms with Gasteiger partial charge < -0.3 is 59.7 Å². The van der Waals surface area contributed by atoms with Crippen LogP contribution in [0.3, 0.4) is 0 Å². The summed E-state index contributed by atoms with van der Waals surface area (Å²) >= 11 is 14.5. The van der Waals surface area contributed by atoms with Gasteiger partial charge in [-0.2, -0.15) is 0 Å². The lowest BCUT2D eigenvalue weighted by atomic mass is 9.93. The molecule has 27 nitrogen and oxygen atoms in total. The number of aliphatic imine (C=N–C) groups is 3. The SMILES string of the molecule is CCOC(=O)C1=C(CN2CCOC[C@@H]2C(C)CC(=O)O)NC(c2nccs2)=N[C@H]1c1ccc(F)cc1Br.CCOC(=O)C1=C(CN2CCOC[C@@H]2CC(C)C(=O)O)NC(c2nccs2)=N[C@H]1c1ccc(F)cc1Br.CCOC(=O)C1=C(CN2CCO[C@@H](CCCCC(=O)O)C2)NC(c2nccs2)=N[C@H]1c1ccc(F)cc1Br. The van der Waals surface area contributed by atoms with Crippen molar-refractivity contribution in [2.24, 2.45) is 26.8 Å². The van der Waals surface area contributed by atoms with E-state index in [4.69, 9.17) is 48.5 Å². The summed E-state index contributed by atoms with van der Waals surface area (Å²) in [6.07, 6.45) is 7.68. The number of carboxylic acid groups (broad SMARTS) is 3. The minimum absolute atomic E-state index is 0.00128. The van der Waals surface area contributed by atoms with Crippen molar-refractivity contribution in [3.63, 3.8) is 0 Å². The number of benzene rings is 3. The van der Waals surface area contributed by atoms with Crippen molar-refractivity contribution < 1.29 is 85.7 Å². The quantitative estimate of drug-likeness (QED) is 0.0144. The molecule has 6 aliphatic rings. The number of nitrogens with zero attached hydrogens (tertiary/aromatic N) is 9. The molecule has 6 N–H and O–H groups in total. The number of ether oxygens (including phenoxy) is 6. The van der Waals surface area contributed by atoms with Crippen LogP contribution in [0.5, 0.6) is 0 Å². The first-order valence-corrected chi connectivity index (χ1v) is 41.4. The molecular formula is C76H86Br3F3N12O15S3. The number of amidine groups is 3. The lowest BCUT2D eigenvalue weighted by Crippen LogP contribution is -2.51. The zero-order chi connectivity index (χ0) is 80.1. The Morgan fingerprint density at radius 1 is 0.571 bits per heavy atom. The number of carbonyl (C=O) groups is 6. The molecule has 36 heteroatoms. The van der Waals surface area contributed by atoms with Gasteiger partial charge in [0, 0.05) is 136 Å². The Hall–Kier alpha value is -8.01. The number of carbonyl (C=O) groups excluding carboxylic acids is 3. The first-order valence-electron chi connectivity index (χ1n) is 36.3. The van der Waals surface area contributed by atoms with E-state index in [1.54, 1.807) is 64.5 Å². The third-order valence-corrected chi connectivity index (χ3v) is 23.3. The molecule has 3 fully saturated rings. The summed E-state index contributed by atoms with van der Waals surface area (Å²) in [5, 5.41) is 45.1. The summed E-state index contributed by atoms with van der Waals surface area (Å²) in [6.45, 7) is 15.1. The predicted molar refractivity (Wildman–Crippen MR) is 424 cm³/mol. The summed E-state index contributed by atoms with van der Waals surface area (Å²) in [5.41, 5.74) is 4.65. The van der Waals surface area contributed by atoms with Crippen molar-refractivity contribution in [2.45, 2.75) is 109 Å². The molecule has 0 amide bonds. The van der Waals surface area contributed by atoms with Crippen LogP contribution in [-0.2, 0) is 57.2 Å². The standard InChI is InChI=1S/C26H30BrFN4O5S.2C25H28BrFN4O5S/c1-2-36-26(35)22-20(15-32-10-11-37-17(14-32)5-3-4-6-21(33)34)30-24(25-29-9-12-38-25)31-23(22)18-8-7-16(28)13-19(18)27;1-3-36-25(34)20-19(12-31-7-8-35-13-16(31)10-14(2)24(32)33)29-22(23-28-6-9-37-23)30-21(20)17-5-4-15(27)11-18(17)26;1-3-36-25(34)21-18(12-31-7-8-35-13-19(31)14(2)10-20(32)33)29-23(24-28-6-9-37-24)30-22(21)16-5-4-15(27)11-17(16)26/h7-9,12-13,17,23H,2-6,10-11,14-15H2,1H3,(H,30,31)(H,33,34);4-6,9,11,14,16,21H,3,7-8,10,12-13H2,1-2H3,(H,29,30)(H,32,33);4-6,9,11,14,19,22H,3,7-8,10,12-13H2,1-2H3,(H,29,30)(H,32,33)/t17-,23-;14?,16-,21-;14?,19-,22+/m001/s1. The maximum Gasteiger partial charge on any atom is 0.338 e. The van der Waals surface area contributed by atoms with E-state index in [9.17, 15) is 52.2 Å². The van der Waals surface area contributed by atoms with Crippen LogP contribution in [0.25, 0.3) is 0 Å². The number of morpholine rings is 3. The van der Waals surface area contributed by atoms with Gasteiger partial charge in [-0.1, -0.05) is 86.3 Å². The number of nitrogens with one attached hydrogen (secondary N) is 3. The van der Waals surface area contributed by atoms with Gasteiger partial charge in [-0.25, -0.2) is 42.5 Å². The second kappa shape index (κ2) is 41.9. The van der Waals surface area contributed by atoms with E-state index in [1.807, 2.05) is 23.1 Å². The lowest BCUT2D eigenvalue weighted by Gasteiger charge is -2.40. The minimum Gasteiger partial charge on any atom is -0.481 e. The van der Waals surface area contributed by atoms with Crippen LogP contribution >= 0.6 is 81.8 Å². The predicted octanol–water partition coefficient (Wildman–Crippen LogP) is 11.8. The second-order valence-corrected chi connectivity index (χ2v) is 31.8. The van der Waals surface area contributed by atoms with Gasteiger partial charge in [0.05, 0.1) is 81.6 Å². The highest BCUT2D eigenvalue weighted by atomic mass is 79.9. The number of hydrogen-bond donors (Lipinski definition) is 6. The highest BCUT2D eigenvalue weighted by Gasteiger charge is 2.41. The van der Waals surface area contributed by atoms with E-state index in [1.165, 1.54) is 70.4 Å². The first kappa shape index (κ1) is 86.4. The molecule has 6 aromatic rings. The molecule has 0 radical (unpaired) electrons. The first-order chi connectivity index (χ1) is 53.9. The summed E-state index contributed by atoms with van der Waals surface area (Å²) in [4.78, 5) is 108. The van der Waals surface area contributed by atoms with E-state index in [0.717, 1.165) is 12.8 Å². The molecule has 600 valence electrons. The summed E-state index contributed by atoms with van der Waals surface area (Å²) in [6, 6.07) is 10.2. The van der Waals surface area contributed by atoms with Crippen molar-refractivity contribution in [2.75, 3.05) is 98.7 Å². The van der Waals surface area contributed by atoms with Crippen molar-refractivity contribution in [3.8, 4) is 0 Å². The average molecular weight is 1800 g/mol. The van der Waals surface area contributed by atoms with Crippen LogP contribution in [0.2, 0.25) is 0 Å². The van der Waals surface area contributed by atoms with Gasteiger partial charge in [0.1, 0.15) is 35.6 Å². The Morgan fingerprint density at radius 2 is 1.00 bits per heavy atom. The van der Waals surface area contributed by atoms with Gasteiger partial charge in [-0.15, -0.1) is 34.0 Å². The molecule has 3 aromatic carbocycles. The van der Waals surface area contributed by atoms with E-state index in [-0.39, 0.29) is 56.8 Å². The lowest BCUT2D eigenvalue weighted by molar-refractivity contribution is -0.142. The third kappa shape index (κ3) is 23.1. The zero-order valence-corrected chi connectivity index (χ0v) is 69.1. The molecule has 9 heterocycles. The second-order valence-electron chi connectivity index (χ2n) is 26.6. The fourth-order valence-electron chi connectivity index (χ4n) is 13.5. The number of hydrogen-bond acceptors (Lipinski definition) is 27. The molecule has 12 rings (SSSR count). The third-order valence-electron chi connectivity index (χ3n) is 18.9. The molecule has 0 saturated carbocycles. The van der Waals surface area contributed by atoms with E-state index in [2.05, 4.69) is 93.4 Å². The summed E-state index contributed by atoms with van der Waals surface area (Å²) < 4.78 is 76.8. The normalized spacial score (nSPS) is 20.9. The molecule has 6 aliphatic heterocycles. The molecule has 0 aliphatic carbocycles. The van der Waals surface area contributed by atoms with Crippen molar-refractivity contribution in [1.82, 2.24) is 45.6 Å². The van der Waals surface area contributed by atoms with Crippen LogP contribution in [0.1, 0.15) is 123 Å². The number of rotatable bonds is 29. The number of aliphatic carboxylic acids is 3. The van der Waals surface area contributed by atoms with Crippen molar-refractivity contribution in [1.29, 1.82) is 0 Å². The number of unbranched alkanes of at least 4 members (excludes halogenated alkanes) is 1. The van der Waals surface area contributed by atoms with E-state index in [0.29, 0.717) is 188 Å². The highest BCUT2D eigenvalue weighted by molar-refractivity contribution is 9.11. The summed E-state index contributed by atoms with van der Waals surface area (Å²) in [5.74, 6) is -4.55. The van der Waals surface area contributed by atoms with Gasteiger partial charge in [0.25, 0.3) is 0 Å². The smallest absolute Gasteiger partial charge is 0.338 e. The topological polar surface area (TPSA) is 340 Å².